The first kappa shape index (κ1) is 17.4. The van der Waals surface area contributed by atoms with Crippen molar-refractivity contribution in [1.82, 2.24) is 9.97 Å². The zero-order valence-electron chi connectivity index (χ0n) is 14.7. The monoisotopic (exact) mass is 345 g/mol. The highest BCUT2D eigenvalue weighted by Crippen LogP contribution is 2.20. The van der Waals surface area contributed by atoms with Crippen LogP contribution in [0, 0.1) is 12.7 Å². The van der Waals surface area contributed by atoms with Gasteiger partial charge in [-0.1, -0.05) is 0 Å². The highest BCUT2D eigenvalue weighted by atomic mass is 19.1. The van der Waals surface area contributed by atoms with Gasteiger partial charge in [-0.2, -0.15) is 4.98 Å². The average Bonchev–Trinajstić information content (AvgIpc) is 2.62. The maximum Gasteiger partial charge on any atom is 0.227 e. The molecule has 2 aromatic rings. The van der Waals surface area contributed by atoms with Gasteiger partial charge in [0.1, 0.15) is 11.6 Å². The summed E-state index contributed by atoms with van der Waals surface area (Å²) >= 11 is 0. The van der Waals surface area contributed by atoms with Gasteiger partial charge in [-0.15, -0.1) is 0 Å². The van der Waals surface area contributed by atoms with E-state index in [0.717, 1.165) is 49.3 Å². The molecule has 1 N–H and O–H groups in total. The minimum Gasteiger partial charge on any atom is -0.383 e. The Morgan fingerprint density at radius 2 is 1.76 bits per heavy atom. The maximum absolute atomic E-state index is 13.1. The van der Waals surface area contributed by atoms with Crippen molar-refractivity contribution >= 4 is 17.5 Å². The molecule has 0 saturated carbocycles. The SMILES string of the molecule is COCCNc1cc(C)nc(N2CCN(c3ccc(F)cc3)CC2)n1. The molecule has 25 heavy (non-hydrogen) atoms. The normalized spacial score (nSPS) is 14.7. The first-order valence-corrected chi connectivity index (χ1v) is 8.49. The fourth-order valence-corrected chi connectivity index (χ4v) is 2.88. The number of rotatable bonds is 6. The van der Waals surface area contributed by atoms with Gasteiger partial charge in [-0.25, -0.2) is 9.37 Å². The Morgan fingerprint density at radius 3 is 2.44 bits per heavy atom. The van der Waals surface area contributed by atoms with Crippen molar-refractivity contribution in [3.05, 3.63) is 41.8 Å². The zero-order valence-corrected chi connectivity index (χ0v) is 14.7. The van der Waals surface area contributed by atoms with Crippen LogP contribution in [-0.4, -0.2) is 56.4 Å². The lowest BCUT2D eigenvalue weighted by atomic mass is 10.2. The van der Waals surface area contributed by atoms with Gasteiger partial charge in [-0.3, -0.25) is 0 Å². The molecule has 1 aromatic heterocycles. The summed E-state index contributed by atoms with van der Waals surface area (Å²) in [5.41, 5.74) is 1.99. The topological polar surface area (TPSA) is 53.5 Å². The second kappa shape index (κ2) is 8.11. The van der Waals surface area contributed by atoms with Gasteiger partial charge in [0.05, 0.1) is 6.61 Å². The van der Waals surface area contributed by atoms with Crippen LogP contribution in [0.3, 0.4) is 0 Å². The number of anilines is 3. The number of methoxy groups -OCH3 is 1. The maximum atomic E-state index is 13.1. The first-order chi connectivity index (χ1) is 12.2. The van der Waals surface area contributed by atoms with Gasteiger partial charge in [0.25, 0.3) is 0 Å². The van der Waals surface area contributed by atoms with Gasteiger partial charge in [0, 0.05) is 57.3 Å². The van der Waals surface area contributed by atoms with E-state index in [0.29, 0.717) is 13.2 Å². The Kier molecular flexibility index (Phi) is 5.65. The third-order valence-electron chi connectivity index (χ3n) is 4.21. The van der Waals surface area contributed by atoms with Crippen molar-refractivity contribution in [3.63, 3.8) is 0 Å². The van der Waals surface area contributed by atoms with E-state index in [-0.39, 0.29) is 5.82 Å². The summed E-state index contributed by atoms with van der Waals surface area (Å²) in [5, 5.41) is 3.26. The van der Waals surface area contributed by atoms with Crippen molar-refractivity contribution < 1.29 is 9.13 Å². The van der Waals surface area contributed by atoms with Crippen LogP contribution in [0.4, 0.5) is 21.8 Å². The van der Waals surface area contributed by atoms with Gasteiger partial charge in [0.2, 0.25) is 5.95 Å². The molecule has 3 rings (SSSR count). The van der Waals surface area contributed by atoms with E-state index >= 15 is 0 Å². The summed E-state index contributed by atoms with van der Waals surface area (Å²) in [7, 11) is 1.68. The number of nitrogens with one attached hydrogen (secondary N) is 1. The van der Waals surface area contributed by atoms with E-state index in [2.05, 4.69) is 25.1 Å². The molecule has 7 heteroatoms. The van der Waals surface area contributed by atoms with Crippen molar-refractivity contribution in [2.24, 2.45) is 0 Å². The number of piperazine rings is 1. The van der Waals surface area contributed by atoms with Crippen LogP contribution in [0.2, 0.25) is 0 Å². The highest BCUT2D eigenvalue weighted by molar-refractivity contribution is 5.49. The summed E-state index contributed by atoms with van der Waals surface area (Å²) in [6.07, 6.45) is 0. The molecule has 0 aliphatic carbocycles. The Bertz CT molecular complexity index is 686. The standard InChI is InChI=1S/C18H24FN5O/c1-14-13-17(20-7-12-25-2)22-18(21-14)24-10-8-23(9-11-24)16-5-3-15(19)4-6-16/h3-6,13H,7-12H2,1-2H3,(H,20,21,22). The summed E-state index contributed by atoms with van der Waals surface area (Å²) in [4.78, 5) is 13.6. The second-order valence-electron chi connectivity index (χ2n) is 6.06. The molecule has 134 valence electrons. The number of aromatic nitrogens is 2. The molecule has 2 heterocycles. The number of ether oxygens (including phenoxy) is 1. The van der Waals surface area contributed by atoms with Crippen LogP contribution in [0.5, 0.6) is 0 Å². The van der Waals surface area contributed by atoms with Gasteiger partial charge in [-0.05, 0) is 31.2 Å². The predicted molar refractivity (Wildman–Crippen MR) is 98.0 cm³/mol. The van der Waals surface area contributed by atoms with Gasteiger partial charge in [0.15, 0.2) is 0 Å². The summed E-state index contributed by atoms with van der Waals surface area (Å²) in [5.74, 6) is 1.36. The lowest BCUT2D eigenvalue weighted by molar-refractivity contribution is 0.210. The molecule has 0 radical (unpaired) electrons. The molecule has 0 bridgehead atoms. The molecule has 1 fully saturated rings. The van der Waals surface area contributed by atoms with Crippen molar-refractivity contribution in [2.75, 3.05) is 61.6 Å². The minimum atomic E-state index is -0.205. The smallest absolute Gasteiger partial charge is 0.227 e. The van der Waals surface area contributed by atoms with Crippen molar-refractivity contribution in [1.29, 1.82) is 0 Å². The Hall–Kier alpha value is -2.41. The Balaban J connectivity index is 1.63. The van der Waals surface area contributed by atoms with Crippen LogP contribution < -0.4 is 15.1 Å². The van der Waals surface area contributed by atoms with E-state index in [1.807, 2.05) is 25.1 Å². The van der Waals surface area contributed by atoms with E-state index in [4.69, 9.17) is 4.74 Å². The lowest BCUT2D eigenvalue weighted by Crippen LogP contribution is -2.47. The average molecular weight is 345 g/mol. The highest BCUT2D eigenvalue weighted by Gasteiger charge is 2.20. The first-order valence-electron chi connectivity index (χ1n) is 8.49. The molecule has 0 amide bonds. The third kappa shape index (κ3) is 4.57. The lowest BCUT2D eigenvalue weighted by Gasteiger charge is -2.36. The van der Waals surface area contributed by atoms with Crippen molar-refractivity contribution in [2.45, 2.75) is 6.92 Å². The molecule has 1 aliphatic heterocycles. The number of hydrogen-bond acceptors (Lipinski definition) is 6. The van der Waals surface area contributed by atoms with Crippen LogP contribution >= 0.6 is 0 Å². The molecule has 1 saturated heterocycles. The molecule has 1 aromatic carbocycles. The number of halogens is 1. The fourth-order valence-electron chi connectivity index (χ4n) is 2.88. The van der Waals surface area contributed by atoms with E-state index in [1.165, 1.54) is 12.1 Å². The number of aryl methyl sites for hydroxylation is 1. The summed E-state index contributed by atoms with van der Waals surface area (Å²) in [6, 6.07) is 8.60. The fraction of sp³-hybridized carbons (Fsp3) is 0.444. The van der Waals surface area contributed by atoms with Crippen LogP contribution in [0.1, 0.15) is 5.69 Å². The Labute approximate surface area is 147 Å². The molecular formula is C18H24FN5O. The predicted octanol–water partition coefficient (Wildman–Crippen LogP) is 2.31. The molecule has 6 nitrogen and oxygen atoms in total. The molecule has 0 atom stereocenters. The van der Waals surface area contributed by atoms with Crippen LogP contribution in [0.25, 0.3) is 0 Å². The van der Waals surface area contributed by atoms with E-state index < -0.39 is 0 Å². The third-order valence-corrected chi connectivity index (χ3v) is 4.21. The second-order valence-corrected chi connectivity index (χ2v) is 6.06. The van der Waals surface area contributed by atoms with E-state index in [9.17, 15) is 4.39 Å². The molecule has 0 spiro atoms. The van der Waals surface area contributed by atoms with Crippen molar-refractivity contribution in [3.8, 4) is 0 Å². The number of benzene rings is 1. The van der Waals surface area contributed by atoms with Gasteiger partial charge < -0.3 is 19.9 Å². The molecule has 1 aliphatic rings. The summed E-state index contributed by atoms with van der Waals surface area (Å²) < 4.78 is 18.1. The quantitative estimate of drug-likeness (QED) is 0.811. The summed E-state index contributed by atoms with van der Waals surface area (Å²) in [6.45, 7) is 6.70. The zero-order chi connectivity index (χ0) is 17.6. The van der Waals surface area contributed by atoms with Crippen LogP contribution in [0.15, 0.2) is 30.3 Å². The largest absolute Gasteiger partial charge is 0.383 e. The minimum absolute atomic E-state index is 0.205. The number of nitrogens with zero attached hydrogens (tertiary/aromatic N) is 4. The Morgan fingerprint density at radius 1 is 1.08 bits per heavy atom. The molecular weight excluding hydrogens is 321 g/mol. The van der Waals surface area contributed by atoms with E-state index in [1.54, 1.807) is 7.11 Å². The van der Waals surface area contributed by atoms with Crippen LogP contribution in [-0.2, 0) is 4.74 Å². The van der Waals surface area contributed by atoms with Gasteiger partial charge >= 0.3 is 0 Å². The number of hydrogen-bond donors (Lipinski definition) is 1. The molecule has 0 unspecified atom stereocenters.